The van der Waals surface area contributed by atoms with Gasteiger partial charge in [0.2, 0.25) is 0 Å². The summed E-state index contributed by atoms with van der Waals surface area (Å²) < 4.78 is 148. The Morgan fingerprint density at radius 2 is 1.82 bits per heavy atom. The number of rotatable bonds is 10. The number of nitriles is 1. The van der Waals surface area contributed by atoms with Crippen LogP contribution in [0.1, 0.15) is 48.9 Å². The number of pyridine rings is 1. The fourth-order valence-electron chi connectivity index (χ4n) is 7.60. The Morgan fingerprint density at radius 3 is 2.44 bits per heavy atom. The maximum atomic E-state index is 17.2. The van der Waals surface area contributed by atoms with Gasteiger partial charge >= 0.3 is 12.2 Å². The number of hydrogen-bond donors (Lipinski definition) is 2. The van der Waals surface area contributed by atoms with Gasteiger partial charge in [-0.25, -0.2) is 31.3 Å². The second kappa shape index (κ2) is 14.3. The van der Waals surface area contributed by atoms with Crippen LogP contribution in [0.5, 0.6) is 11.8 Å². The van der Waals surface area contributed by atoms with Crippen LogP contribution in [0.4, 0.5) is 51.1 Å². The maximum absolute atomic E-state index is 17.2. The zero-order chi connectivity index (χ0) is 41.2. The van der Waals surface area contributed by atoms with Crippen molar-refractivity contribution in [1.82, 2.24) is 19.9 Å². The van der Waals surface area contributed by atoms with Crippen LogP contribution in [-0.2, 0) is 6.18 Å². The molecule has 0 unspecified atom stereocenters. The molecule has 10 nitrogen and oxygen atoms in total. The second-order valence-electron chi connectivity index (χ2n) is 14.2. The maximum Gasteiger partial charge on any atom is 0.420 e. The standard InChI is InChI=1S/C37H33F9N8O2S/c1-18(20-4-3-9-50-31(20)49)54-12-13-55-29-25-28(27(39)24(26(29)37(44,45)46)21-5-6-23(38)30(22(21)14-47)57-19(2)48)51-33(52-32(25)54)56-17-35(40,41)16-53-10-7-34(8-11-53)15-36(34,42)43/h3-6,9,18H,2,7-8,10-13,15-17,48H2,1H3,(H2,49,50)/t18-/m1/s1. The van der Waals surface area contributed by atoms with Gasteiger partial charge in [0.05, 0.1) is 40.0 Å². The summed E-state index contributed by atoms with van der Waals surface area (Å²) in [6.45, 7) is 2.14. The number of piperidine rings is 1. The van der Waals surface area contributed by atoms with Crippen molar-refractivity contribution in [2.75, 3.05) is 50.0 Å². The number of halogens is 9. The monoisotopic (exact) mass is 824 g/mol. The predicted octanol–water partition coefficient (Wildman–Crippen LogP) is 8.06. The molecule has 0 radical (unpaired) electrons. The highest BCUT2D eigenvalue weighted by atomic mass is 32.2. The number of anilines is 2. The van der Waals surface area contributed by atoms with E-state index in [9.17, 15) is 14.0 Å². The van der Waals surface area contributed by atoms with Crippen LogP contribution in [0.3, 0.4) is 0 Å². The number of alkyl halides is 7. The minimum Gasteiger partial charge on any atom is -0.490 e. The van der Waals surface area contributed by atoms with Gasteiger partial charge in [-0.15, -0.1) is 0 Å². The molecular formula is C37H33F9N8O2S. The summed E-state index contributed by atoms with van der Waals surface area (Å²) in [7, 11) is 0. The van der Waals surface area contributed by atoms with Gasteiger partial charge in [-0.1, -0.05) is 24.4 Å². The smallest absolute Gasteiger partial charge is 0.420 e. The molecule has 4 heterocycles. The van der Waals surface area contributed by atoms with E-state index in [2.05, 4.69) is 21.5 Å². The second-order valence-corrected chi connectivity index (χ2v) is 15.3. The van der Waals surface area contributed by atoms with Gasteiger partial charge in [-0.3, -0.25) is 4.90 Å². The number of ether oxygens (including phenoxy) is 2. The van der Waals surface area contributed by atoms with Crippen molar-refractivity contribution >= 4 is 34.3 Å². The topological polar surface area (TPSA) is 139 Å². The van der Waals surface area contributed by atoms with Crippen LogP contribution in [0, 0.1) is 28.4 Å². The van der Waals surface area contributed by atoms with E-state index in [-0.39, 0.29) is 55.6 Å². The molecule has 4 N–H and O–H groups in total. The Kier molecular flexibility index (Phi) is 10.1. The van der Waals surface area contributed by atoms with Crippen molar-refractivity contribution in [2.24, 2.45) is 11.1 Å². The number of aromatic nitrogens is 3. The van der Waals surface area contributed by atoms with E-state index in [1.165, 1.54) is 16.0 Å². The van der Waals surface area contributed by atoms with E-state index in [1.54, 1.807) is 25.1 Å². The molecule has 1 saturated carbocycles. The third-order valence-corrected chi connectivity index (χ3v) is 11.4. The SMILES string of the molecule is C=C(N)Sc1c(F)ccc(-c2c(C(F)(F)F)c3c4c(nc(OCC(F)(F)CN5CCC6(CC5)CC6(F)F)nc4c2F)N([C@H](C)c2cccnc2N)CCO3)c1C#N. The Balaban J connectivity index is 1.38. The molecule has 1 aliphatic carbocycles. The van der Waals surface area contributed by atoms with E-state index in [1.807, 2.05) is 0 Å². The zero-order valence-corrected chi connectivity index (χ0v) is 30.8. The Bertz CT molecular complexity index is 2310. The van der Waals surface area contributed by atoms with Gasteiger partial charge in [0, 0.05) is 34.7 Å². The molecule has 302 valence electrons. The molecule has 0 bridgehead atoms. The van der Waals surface area contributed by atoms with Crippen LogP contribution in [0.25, 0.3) is 22.0 Å². The summed E-state index contributed by atoms with van der Waals surface area (Å²) in [6.07, 6.45) is -4.17. The van der Waals surface area contributed by atoms with Crippen molar-refractivity contribution in [2.45, 2.75) is 55.1 Å². The van der Waals surface area contributed by atoms with Gasteiger partial charge in [0.25, 0.3) is 11.8 Å². The summed E-state index contributed by atoms with van der Waals surface area (Å²) in [5.74, 6) is -10.4. The van der Waals surface area contributed by atoms with E-state index in [4.69, 9.17) is 20.9 Å². The minimum atomic E-state index is -5.38. The fraction of sp³-hybridized carbons (Fsp3) is 0.405. The summed E-state index contributed by atoms with van der Waals surface area (Å²) in [6, 6.07) is 4.62. The summed E-state index contributed by atoms with van der Waals surface area (Å²) in [4.78, 5) is 14.5. The van der Waals surface area contributed by atoms with E-state index in [0.717, 1.165) is 12.1 Å². The first-order valence-electron chi connectivity index (χ1n) is 17.5. The number of nitrogen functional groups attached to an aromatic ring is 1. The first-order valence-corrected chi connectivity index (χ1v) is 18.3. The lowest BCUT2D eigenvalue weighted by molar-refractivity contribution is -0.138. The van der Waals surface area contributed by atoms with Crippen molar-refractivity contribution in [3.05, 3.63) is 70.4 Å². The van der Waals surface area contributed by atoms with Crippen LogP contribution >= 0.6 is 11.8 Å². The molecule has 0 amide bonds. The number of thioether (sulfide) groups is 1. The zero-order valence-electron chi connectivity index (χ0n) is 30.0. The molecule has 2 aromatic heterocycles. The molecule has 1 atom stereocenters. The first kappa shape index (κ1) is 40.1. The highest BCUT2D eigenvalue weighted by molar-refractivity contribution is 8.03. The molecule has 4 aromatic rings. The first-order chi connectivity index (χ1) is 26.8. The molecule has 2 aliphatic heterocycles. The van der Waals surface area contributed by atoms with E-state index >= 15 is 30.7 Å². The van der Waals surface area contributed by atoms with Gasteiger partial charge in [0.15, 0.2) is 12.4 Å². The highest BCUT2D eigenvalue weighted by Gasteiger charge is 2.70. The quantitative estimate of drug-likeness (QED) is 0.119. The molecule has 7 rings (SSSR count). The van der Waals surface area contributed by atoms with E-state index in [0.29, 0.717) is 17.3 Å². The average molecular weight is 825 g/mol. The van der Waals surface area contributed by atoms with Gasteiger partial charge in [-0.05, 0) is 51.1 Å². The van der Waals surface area contributed by atoms with Crippen molar-refractivity contribution in [3.8, 4) is 29.0 Å². The number of nitrogens with zero attached hydrogens (tertiary/aromatic N) is 6. The molecular weight excluding hydrogens is 792 g/mol. The third-order valence-electron chi connectivity index (χ3n) is 10.5. The summed E-state index contributed by atoms with van der Waals surface area (Å²) >= 11 is 0.439. The Labute approximate surface area is 323 Å². The average Bonchev–Trinajstić information content (AvgIpc) is 3.74. The number of likely N-dealkylation sites (tertiary alicyclic amines) is 1. The highest BCUT2D eigenvalue weighted by Crippen LogP contribution is 2.66. The normalized spacial score (nSPS) is 18.2. The van der Waals surface area contributed by atoms with Crippen LogP contribution in [-0.4, -0.2) is 71.1 Å². The third kappa shape index (κ3) is 7.31. The largest absolute Gasteiger partial charge is 0.490 e. The molecule has 57 heavy (non-hydrogen) atoms. The van der Waals surface area contributed by atoms with Crippen LogP contribution in [0.2, 0.25) is 0 Å². The van der Waals surface area contributed by atoms with E-state index < -0.39 is 111 Å². The minimum absolute atomic E-state index is 0.00187. The number of nitrogens with two attached hydrogens (primary N) is 2. The summed E-state index contributed by atoms with van der Waals surface area (Å²) in [5.41, 5.74) is 5.79. The van der Waals surface area contributed by atoms with Crippen LogP contribution < -0.4 is 25.8 Å². The lowest BCUT2D eigenvalue weighted by Crippen LogP contribution is -2.45. The van der Waals surface area contributed by atoms with Crippen molar-refractivity contribution in [1.29, 1.82) is 5.26 Å². The molecule has 3 aliphatic rings. The number of hydrogen-bond acceptors (Lipinski definition) is 11. The predicted molar refractivity (Wildman–Crippen MR) is 192 cm³/mol. The lowest BCUT2D eigenvalue weighted by Gasteiger charge is -2.34. The molecule has 2 aromatic carbocycles. The van der Waals surface area contributed by atoms with Gasteiger partial charge < -0.3 is 25.8 Å². The summed E-state index contributed by atoms with van der Waals surface area (Å²) in [5, 5.41) is 9.28. The van der Waals surface area contributed by atoms with Gasteiger partial charge in [0.1, 0.15) is 47.0 Å². The van der Waals surface area contributed by atoms with Crippen molar-refractivity contribution in [3.63, 3.8) is 0 Å². The molecule has 1 spiro atoms. The fourth-order valence-corrected chi connectivity index (χ4v) is 8.28. The molecule has 20 heteroatoms. The van der Waals surface area contributed by atoms with Gasteiger partial charge in [-0.2, -0.15) is 28.4 Å². The van der Waals surface area contributed by atoms with Crippen LogP contribution in [0.15, 0.2) is 47.0 Å². The number of benzene rings is 2. The molecule has 2 fully saturated rings. The lowest BCUT2D eigenvalue weighted by atomic mass is 9.91. The Hall–Kier alpha value is -5.16. The molecule has 1 saturated heterocycles. The van der Waals surface area contributed by atoms with Crippen molar-refractivity contribution < 1.29 is 49.0 Å². The Morgan fingerprint density at radius 1 is 1.12 bits per heavy atom.